The molecule has 1 rings (SSSR count). The number of hydrogen-bond acceptors (Lipinski definition) is 3. The first-order valence-corrected chi connectivity index (χ1v) is 7.96. The van der Waals surface area contributed by atoms with Crippen LogP contribution < -0.4 is 5.09 Å². The Labute approximate surface area is 105 Å². The molecule has 0 bridgehead atoms. The van der Waals surface area contributed by atoms with Crippen molar-refractivity contribution in [1.82, 2.24) is 9.76 Å². The van der Waals surface area contributed by atoms with E-state index < -0.39 is 7.44 Å². The van der Waals surface area contributed by atoms with Gasteiger partial charge < -0.3 is 9.47 Å². The lowest BCUT2D eigenvalue weighted by Gasteiger charge is -2.29. The summed E-state index contributed by atoms with van der Waals surface area (Å²) in [5.74, 6) is 0. The third-order valence-corrected chi connectivity index (χ3v) is 6.10. The highest BCUT2D eigenvalue weighted by atomic mass is 31.2. The fourth-order valence-corrected chi connectivity index (χ4v) is 3.93. The SMILES string of the molecule is B[C@H]1C[C@@H](NP(=O)(CC)N(C)C)[C@@H](COC)O1. The molecule has 1 heterocycles. The molecule has 1 aliphatic rings. The van der Waals surface area contributed by atoms with Gasteiger partial charge >= 0.3 is 0 Å². The predicted molar refractivity (Wildman–Crippen MR) is 72.5 cm³/mol. The van der Waals surface area contributed by atoms with Gasteiger partial charge in [-0.15, -0.1) is 0 Å². The van der Waals surface area contributed by atoms with Crippen LogP contribution in [0.2, 0.25) is 0 Å². The van der Waals surface area contributed by atoms with E-state index in [4.69, 9.17) is 9.47 Å². The van der Waals surface area contributed by atoms with Crippen molar-refractivity contribution in [2.45, 2.75) is 31.5 Å². The fourth-order valence-electron chi connectivity index (χ4n) is 2.16. The first-order chi connectivity index (χ1) is 7.92. The minimum atomic E-state index is -2.46. The quantitative estimate of drug-likeness (QED) is 0.544. The molecule has 100 valence electrons. The van der Waals surface area contributed by atoms with Crippen molar-refractivity contribution in [1.29, 1.82) is 0 Å². The van der Waals surface area contributed by atoms with Gasteiger partial charge in [-0.05, 0) is 20.5 Å². The average molecular weight is 262 g/mol. The van der Waals surface area contributed by atoms with E-state index >= 15 is 0 Å². The maximum Gasteiger partial charge on any atom is 0.213 e. The molecule has 1 aliphatic heterocycles. The number of ether oxygens (including phenoxy) is 2. The van der Waals surface area contributed by atoms with Gasteiger partial charge in [-0.3, -0.25) is 4.57 Å². The summed E-state index contributed by atoms with van der Waals surface area (Å²) in [5.41, 5.74) is 0. The third kappa shape index (κ3) is 3.80. The van der Waals surface area contributed by atoms with Gasteiger partial charge in [0.25, 0.3) is 0 Å². The first-order valence-electron chi connectivity index (χ1n) is 6.12. The lowest BCUT2D eigenvalue weighted by Crippen LogP contribution is -2.40. The van der Waals surface area contributed by atoms with E-state index in [0.717, 1.165) is 6.42 Å². The second kappa shape index (κ2) is 6.35. The predicted octanol–water partition coefficient (Wildman–Crippen LogP) is 0.114. The summed E-state index contributed by atoms with van der Waals surface area (Å²) in [7, 11) is 4.94. The highest BCUT2D eigenvalue weighted by Crippen LogP contribution is 2.44. The van der Waals surface area contributed by atoms with E-state index in [2.05, 4.69) is 5.09 Å². The van der Waals surface area contributed by atoms with Gasteiger partial charge in [0.15, 0.2) is 0 Å². The largest absolute Gasteiger partial charge is 0.382 e. The van der Waals surface area contributed by atoms with Crippen molar-refractivity contribution in [3.8, 4) is 0 Å². The summed E-state index contributed by atoms with van der Waals surface area (Å²) in [6.45, 7) is 2.48. The van der Waals surface area contributed by atoms with Gasteiger partial charge in [0.2, 0.25) is 7.44 Å². The van der Waals surface area contributed by atoms with Crippen molar-refractivity contribution < 1.29 is 14.0 Å². The van der Waals surface area contributed by atoms with Crippen molar-refractivity contribution in [2.24, 2.45) is 0 Å². The maximum atomic E-state index is 12.6. The molecule has 0 aromatic rings. The molecule has 0 amide bonds. The van der Waals surface area contributed by atoms with Gasteiger partial charge in [0.1, 0.15) is 7.85 Å². The van der Waals surface area contributed by atoms with Crippen molar-refractivity contribution in [3.05, 3.63) is 0 Å². The second-order valence-electron chi connectivity index (χ2n) is 4.78. The molecule has 1 N–H and O–H groups in total. The number of nitrogens with one attached hydrogen (secondary N) is 1. The van der Waals surface area contributed by atoms with E-state index in [1.54, 1.807) is 11.8 Å². The van der Waals surface area contributed by atoms with Gasteiger partial charge in [-0.2, -0.15) is 0 Å². The molecule has 1 unspecified atom stereocenters. The van der Waals surface area contributed by atoms with Crippen LogP contribution in [0.5, 0.6) is 0 Å². The molecule has 17 heavy (non-hydrogen) atoms. The van der Waals surface area contributed by atoms with Crippen molar-refractivity contribution >= 4 is 15.3 Å². The molecule has 4 atom stereocenters. The lowest BCUT2D eigenvalue weighted by molar-refractivity contribution is 0.0182. The van der Waals surface area contributed by atoms with Crippen LogP contribution in [-0.2, 0) is 14.0 Å². The smallest absolute Gasteiger partial charge is 0.213 e. The molecule has 0 spiro atoms. The van der Waals surface area contributed by atoms with Crippen molar-refractivity contribution in [2.75, 3.05) is 34.0 Å². The van der Waals surface area contributed by atoms with Crippen molar-refractivity contribution in [3.63, 3.8) is 0 Å². The van der Waals surface area contributed by atoms with E-state index in [1.807, 2.05) is 28.9 Å². The highest BCUT2D eigenvalue weighted by molar-refractivity contribution is 7.59. The summed E-state index contributed by atoms with van der Waals surface area (Å²) in [6.07, 6.45) is 1.49. The van der Waals surface area contributed by atoms with Gasteiger partial charge in [-0.25, -0.2) is 9.76 Å². The fraction of sp³-hybridized carbons (Fsp3) is 1.00. The van der Waals surface area contributed by atoms with Crippen LogP contribution in [0.15, 0.2) is 0 Å². The zero-order valence-corrected chi connectivity index (χ0v) is 12.4. The van der Waals surface area contributed by atoms with E-state index in [-0.39, 0.29) is 18.1 Å². The molecule has 7 heteroatoms. The van der Waals surface area contributed by atoms with Gasteiger partial charge in [0, 0.05) is 25.3 Å². The Morgan fingerprint density at radius 2 is 2.24 bits per heavy atom. The van der Waals surface area contributed by atoms with Crippen LogP contribution in [0.1, 0.15) is 13.3 Å². The topological polar surface area (TPSA) is 50.8 Å². The van der Waals surface area contributed by atoms with Gasteiger partial charge in [0.05, 0.1) is 12.7 Å². The summed E-state index contributed by atoms with van der Waals surface area (Å²) in [4.78, 5) is 0. The monoisotopic (exact) mass is 262 g/mol. The minimum Gasteiger partial charge on any atom is -0.382 e. The molecule has 0 aromatic carbocycles. The van der Waals surface area contributed by atoms with E-state index in [9.17, 15) is 4.57 Å². The summed E-state index contributed by atoms with van der Waals surface area (Å²) in [5, 5.41) is 3.28. The normalized spacial score (nSPS) is 32.9. The molecule has 0 aromatic heterocycles. The van der Waals surface area contributed by atoms with E-state index in [1.165, 1.54) is 0 Å². The Morgan fingerprint density at radius 1 is 1.59 bits per heavy atom. The first kappa shape index (κ1) is 15.2. The Hall–Kier alpha value is 0.135. The Bertz CT molecular complexity index is 291. The molecular formula is C10H24BN2O3P. The van der Waals surface area contributed by atoms with Crippen LogP contribution >= 0.6 is 7.44 Å². The molecule has 1 saturated heterocycles. The maximum absolute atomic E-state index is 12.6. The molecule has 5 nitrogen and oxygen atoms in total. The molecule has 0 saturated carbocycles. The number of nitrogens with zero attached hydrogens (tertiary/aromatic N) is 1. The van der Waals surface area contributed by atoms with Gasteiger partial charge in [-0.1, -0.05) is 6.92 Å². The van der Waals surface area contributed by atoms with Crippen LogP contribution in [0, 0.1) is 0 Å². The van der Waals surface area contributed by atoms with Crippen LogP contribution in [0.4, 0.5) is 0 Å². The van der Waals surface area contributed by atoms with Crippen LogP contribution in [-0.4, -0.2) is 64.6 Å². The third-order valence-electron chi connectivity index (χ3n) is 3.22. The van der Waals surface area contributed by atoms with Crippen LogP contribution in [0.3, 0.4) is 0 Å². The number of rotatable bonds is 6. The number of methoxy groups -OCH3 is 1. The Balaban J connectivity index is 2.68. The molecule has 0 aliphatic carbocycles. The number of hydrogen-bond donors (Lipinski definition) is 1. The molecule has 1 fully saturated rings. The summed E-state index contributed by atoms with van der Waals surface area (Å²) >= 11 is 0. The Morgan fingerprint density at radius 3 is 2.71 bits per heavy atom. The molecule has 0 radical (unpaired) electrons. The minimum absolute atomic E-state index is 0.00479. The van der Waals surface area contributed by atoms with E-state index in [0.29, 0.717) is 12.8 Å². The zero-order chi connectivity index (χ0) is 13.1. The Kier molecular flexibility index (Phi) is 5.67. The zero-order valence-electron chi connectivity index (χ0n) is 11.5. The average Bonchev–Trinajstić information content (AvgIpc) is 2.59. The lowest BCUT2D eigenvalue weighted by atomic mass is 9.95. The van der Waals surface area contributed by atoms with Crippen LogP contribution in [0.25, 0.3) is 0 Å². The highest BCUT2D eigenvalue weighted by Gasteiger charge is 2.37. The standard InChI is InChI=1S/C10H24BN2O3P/c1-5-17(14,13(2)3)12-8-6-10(11)16-9(8)7-15-4/h8-10H,5-7,11H2,1-4H3,(H,12,14)/t8-,9-,10-,17?/m1/s1. The second-order valence-corrected chi connectivity index (χ2v) is 7.87. The molecular weight excluding hydrogens is 238 g/mol. The summed E-state index contributed by atoms with van der Waals surface area (Å²) < 4.78 is 25.3. The summed E-state index contributed by atoms with van der Waals surface area (Å²) in [6, 6.07) is 0.304.